The highest BCUT2D eigenvalue weighted by molar-refractivity contribution is 8.01. The first-order valence-corrected chi connectivity index (χ1v) is 7.98. The van der Waals surface area contributed by atoms with Gasteiger partial charge in [-0.25, -0.2) is 0 Å². The van der Waals surface area contributed by atoms with E-state index in [9.17, 15) is 9.59 Å². The van der Waals surface area contributed by atoms with Crippen LogP contribution in [0.3, 0.4) is 0 Å². The van der Waals surface area contributed by atoms with E-state index in [0.29, 0.717) is 6.42 Å². The van der Waals surface area contributed by atoms with Crippen molar-refractivity contribution in [2.24, 2.45) is 5.92 Å². The summed E-state index contributed by atoms with van der Waals surface area (Å²) in [4.78, 5) is 24.7. The van der Waals surface area contributed by atoms with Crippen molar-refractivity contribution in [1.82, 2.24) is 5.32 Å². The first-order valence-electron chi connectivity index (χ1n) is 7.10. The molecule has 5 heteroatoms. The van der Waals surface area contributed by atoms with Crippen LogP contribution in [0.4, 0.5) is 0 Å². The van der Waals surface area contributed by atoms with E-state index in [4.69, 9.17) is 5.11 Å². The molecule has 2 unspecified atom stereocenters. The fourth-order valence-electron chi connectivity index (χ4n) is 2.40. The van der Waals surface area contributed by atoms with Gasteiger partial charge in [-0.15, -0.1) is 11.8 Å². The van der Waals surface area contributed by atoms with Gasteiger partial charge in [0.15, 0.2) is 0 Å². The Morgan fingerprint density at radius 3 is 2.67 bits per heavy atom. The van der Waals surface area contributed by atoms with Crippen molar-refractivity contribution in [1.29, 1.82) is 0 Å². The van der Waals surface area contributed by atoms with Gasteiger partial charge in [0, 0.05) is 10.4 Å². The molecule has 0 saturated carbocycles. The van der Waals surface area contributed by atoms with Crippen LogP contribution in [0.15, 0.2) is 29.2 Å². The van der Waals surface area contributed by atoms with E-state index in [0.717, 1.165) is 4.90 Å². The predicted molar refractivity (Wildman–Crippen MR) is 83.4 cm³/mol. The topological polar surface area (TPSA) is 66.4 Å². The number of aliphatic carboxylic acids is 1. The molecule has 1 heterocycles. The van der Waals surface area contributed by atoms with E-state index in [-0.39, 0.29) is 23.5 Å². The zero-order valence-electron chi connectivity index (χ0n) is 12.6. The minimum atomic E-state index is -0.895. The van der Waals surface area contributed by atoms with Crippen molar-refractivity contribution in [3.63, 3.8) is 0 Å². The molecule has 2 atom stereocenters. The molecule has 2 N–H and O–H groups in total. The van der Waals surface area contributed by atoms with Gasteiger partial charge in [0.25, 0.3) is 0 Å². The number of fused-ring (bicyclic) bond motifs is 1. The number of hydrogen-bond donors (Lipinski definition) is 2. The monoisotopic (exact) mass is 307 g/mol. The summed E-state index contributed by atoms with van der Waals surface area (Å²) in [7, 11) is 0. The minimum absolute atomic E-state index is 0.0475. The quantitative estimate of drug-likeness (QED) is 0.878. The molecule has 4 nitrogen and oxygen atoms in total. The summed E-state index contributed by atoms with van der Waals surface area (Å²) in [6.45, 7) is 5.66. The van der Waals surface area contributed by atoms with Gasteiger partial charge in [-0.3, -0.25) is 9.59 Å². The maximum Gasteiger partial charge on any atom is 0.305 e. The lowest BCUT2D eigenvalue weighted by molar-refractivity contribution is -0.139. The van der Waals surface area contributed by atoms with Crippen LogP contribution >= 0.6 is 11.8 Å². The van der Waals surface area contributed by atoms with Crippen LogP contribution in [0.5, 0.6) is 0 Å². The number of carboxylic acid groups (broad SMARTS) is 1. The molecular weight excluding hydrogens is 286 g/mol. The van der Waals surface area contributed by atoms with E-state index in [2.05, 4.69) is 5.32 Å². The molecule has 114 valence electrons. The van der Waals surface area contributed by atoms with E-state index >= 15 is 0 Å². The van der Waals surface area contributed by atoms with E-state index in [1.54, 1.807) is 18.7 Å². The molecule has 21 heavy (non-hydrogen) atoms. The van der Waals surface area contributed by atoms with Gasteiger partial charge in [0.05, 0.1) is 11.7 Å². The molecular formula is C16H21NO3S. The smallest absolute Gasteiger partial charge is 0.305 e. The molecule has 0 fully saturated rings. The third-order valence-electron chi connectivity index (χ3n) is 4.14. The second-order valence-electron chi connectivity index (χ2n) is 6.05. The van der Waals surface area contributed by atoms with Crippen molar-refractivity contribution in [2.45, 2.75) is 49.3 Å². The summed E-state index contributed by atoms with van der Waals surface area (Å²) < 4.78 is 0. The molecule has 0 radical (unpaired) electrons. The molecule has 0 bridgehead atoms. The van der Waals surface area contributed by atoms with Gasteiger partial charge in [-0.2, -0.15) is 0 Å². The molecule has 0 aliphatic carbocycles. The maximum atomic E-state index is 12.5. The number of carbonyl (C=O) groups is 2. The molecule has 1 aromatic rings. The fourth-order valence-corrected chi connectivity index (χ4v) is 3.59. The SMILES string of the molecule is CC(C)C(C)(CC(=O)O)NC(=O)C1Cc2ccccc2S1. The van der Waals surface area contributed by atoms with Gasteiger partial charge < -0.3 is 10.4 Å². The first-order chi connectivity index (χ1) is 9.82. The molecule has 1 amide bonds. The summed E-state index contributed by atoms with van der Waals surface area (Å²) >= 11 is 1.56. The van der Waals surface area contributed by atoms with Crippen molar-refractivity contribution < 1.29 is 14.7 Å². The molecule has 2 rings (SSSR count). The number of hydrogen-bond acceptors (Lipinski definition) is 3. The zero-order valence-corrected chi connectivity index (χ0v) is 13.4. The predicted octanol–water partition coefficient (Wildman–Crippen LogP) is 2.71. The van der Waals surface area contributed by atoms with Crippen LogP contribution in [-0.4, -0.2) is 27.8 Å². The summed E-state index contributed by atoms with van der Waals surface area (Å²) in [6.07, 6.45) is 0.634. The minimum Gasteiger partial charge on any atom is -0.481 e. The molecule has 0 aromatic heterocycles. The van der Waals surface area contributed by atoms with Crippen LogP contribution in [0.2, 0.25) is 0 Å². The maximum absolute atomic E-state index is 12.5. The Morgan fingerprint density at radius 2 is 2.10 bits per heavy atom. The highest BCUT2D eigenvalue weighted by Gasteiger charge is 2.36. The average molecular weight is 307 g/mol. The number of benzene rings is 1. The van der Waals surface area contributed by atoms with Crippen LogP contribution in [-0.2, 0) is 16.0 Å². The summed E-state index contributed by atoms with van der Waals surface area (Å²) in [5.41, 5.74) is 0.463. The molecule has 0 spiro atoms. The van der Waals surface area contributed by atoms with Crippen molar-refractivity contribution in [2.75, 3.05) is 0 Å². The molecule has 0 saturated heterocycles. The third-order valence-corrected chi connectivity index (χ3v) is 5.46. The van der Waals surface area contributed by atoms with E-state index in [1.807, 2.05) is 38.1 Å². The largest absolute Gasteiger partial charge is 0.481 e. The Hall–Kier alpha value is -1.49. The van der Waals surface area contributed by atoms with Crippen LogP contribution in [0, 0.1) is 5.92 Å². The lowest BCUT2D eigenvalue weighted by Crippen LogP contribution is -2.53. The van der Waals surface area contributed by atoms with Gasteiger partial charge in [0.2, 0.25) is 5.91 Å². The Bertz CT molecular complexity index is 533. The Morgan fingerprint density at radius 1 is 1.43 bits per heavy atom. The van der Waals surface area contributed by atoms with Crippen molar-refractivity contribution in [3.8, 4) is 0 Å². The molecule has 1 aromatic carbocycles. The molecule has 1 aliphatic heterocycles. The van der Waals surface area contributed by atoms with E-state index < -0.39 is 11.5 Å². The van der Waals surface area contributed by atoms with Gasteiger partial charge in [0.1, 0.15) is 0 Å². The Labute approximate surface area is 129 Å². The van der Waals surface area contributed by atoms with Crippen molar-refractivity contribution >= 4 is 23.6 Å². The molecule has 1 aliphatic rings. The number of rotatable bonds is 5. The highest BCUT2D eigenvalue weighted by Crippen LogP contribution is 2.37. The lowest BCUT2D eigenvalue weighted by Gasteiger charge is -2.34. The Balaban J connectivity index is 2.06. The number of amides is 1. The van der Waals surface area contributed by atoms with Crippen molar-refractivity contribution in [3.05, 3.63) is 29.8 Å². The second kappa shape index (κ2) is 6.10. The third kappa shape index (κ3) is 3.59. The summed E-state index contributed by atoms with van der Waals surface area (Å²) in [6, 6.07) is 8.00. The zero-order chi connectivity index (χ0) is 15.6. The average Bonchev–Trinajstić information content (AvgIpc) is 2.81. The van der Waals surface area contributed by atoms with Gasteiger partial charge in [-0.1, -0.05) is 32.0 Å². The number of carbonyl (C=O) groups excluding carboxylic acids is 1. The summed E-state index contributed by atoms with van der Waals surface area (Å²) in [5.74, 6) is -0.922. The lowest BCUT2D eigenvalue weighted by atomic mass is 9.85. The second-order valence-corrected chi connectivity index (χ2v) is 7.29. The normalized spacial score (nSPS) is 19.9. The van der Waals surface area contributed by atoms with Gasteiger partial charge >= 0.3 is 5.97 Å². The summed E-state index contributed by atoms with van der Waals surface area (Å²) in [5, 5.41) is 11.9. The highest BCUT2D eigenvalue weighted by atomic mass is 32.2. The van der Waals surface area contributed by atoms with Crippen LogP contribution in [0.1, 0.15) is 32.8 Å². The first kappa shape index (κ1) is 15.9. The number of thioether (sulfide) groups is 1. The van der Waals surface area contributed by atoms with E-state index in [1.165, 1.54) is 5.56 Å². The van der Waals surface area contributed by atoms with Gasteiger partial charge in [-0.05, 0) is 30.9 Å². The fraction of sp³-hybridized carbons (Fsp3) is 0.500. The Kier molecular flexibility index (Phi) is 4.61. The standard InChI is InChI=1S/C16H21NO3S/c1-10(2)16(3,9-14(18)19)17-15(20)13-8-11-6-4-5-7-12(11)21-13/h4-7,10,13H,8-9H2,1-3H3,(H,17,20)(H,18,19). The number of nitrogens with one attached hydrogen (secondary N) is 1. The van der Waals surface area contributed by atoms with Crippen LogP contribution < -0.4 is 5.32 Å². The van der Waals surface area contributed by atoms with Crippen LogP contribution in [0.25, 0.3) is 0 Å². The number of carboxylic acids is 1.